The van der Waals surface area contributed by atoms with E-state index in [0.29, 0.717) is 6.42 Å². The zero-order chi connectivity index (χ0) is 11.0. The van der Waals surface area contributed by atoms with Gasteiger partial charge in [-0.25, -0.2) is 0 Å². The Hall–Kier alpha value is -0.660. The van der Waals surface area contributed by atoms with E-state index in [-0.39, 0.29) is 17.5 Å². The molecule has 0 aliphatic carbocycles. The summed E-state index contributed by atoms with van der Waals surface area (Å²) in [4.78, 5) is 22.1. The molecule has 0 bridgehead atoms. The van der Waals surface area contributed by atoms with E-state index in [1.807, 2.05) is 0 Å². The summed E-state index contributed by atoms with van der Waals surface area (Å²) >= 11 is 0. The summed E-state index contributed by atoms with van der Waals surface area (Å²) in [7, 11) is 0. The predicted molar refractivity (Wildman–Crippen MR) is 58.2 cm³/mol. The van der Waals surface area contributed by atoms with Crippen LogP contribution in [0.4, 0.5) is 0 Å². The fourth-order valence-electron chi connectivity index (χ4n) is 1.61. The topological polar surface area (TPSA) is 34.1 Å². The van der Waals surface area contributed by atoms with Gasteiger partial charge in [-0.2, -0.15) is 0 Å². The molecular weight excluding hydrogens is 176 g/mol. The van der Waals surface area contributed by atoms with Gasteiger partial charge < -0.3 is 4.79 Å². The molecule has 0 rings (SSSR count). The number of Topliss-reactive ketones (excluding diaryl/α,β-unsaturated/α-hetero) is 2. The number of hydrogen-bond donors (Lipinski definition) is 0. The van der Waals surface area contributed by atoms with Gasteiger partial charge in [0.25, 0.3) is 0 Å². The van der Waals surface area contributed by atoms with Crippen LogP contribution in [0.5, 0.6) is 0 Å². The summed E-state index contributed by atoms with van der Waals surface area (Å²) in [6.45, 7) is 5.31. The number of carbonyl (C=O) groups is 2. The zero-order valence-corrected chi connectivity index (χ0v) is 9.64. The number of ketones is 2. The van der Waals surface area contributed by atoms with Crippen LogP contribution in [0.1, 0.15) is 59.3 Å². The second-order valence-electron chi connectivity index (χ2n) is 4.06. The molecule has 0 aliphatic heterocycles. The van der Waals surface area contributed by atoms with Crippen molar-refractivity contribution in [2.45, 2.75) is 59.3 Å². The van der Waals surface area contributed by atoms with Crippen LogP contribution in [-0.2, 0) is 9.59 Å². The Morgan fingerprint density at radius 1 is 1.07 bits per heavy atom. The van der Waals surface area contributed by atoms with Gasteiger partial charge >= 0.3 is 0 Å². The first-order chi connectivity index (χ1) is 6.57. The van der Waals surface area contributed by atoms with Crippen LogP contribution < -0.4 is 0 Å². The summed E-state index contributed by atoms with van der Waals surface area (Å²) < 4.78 is 0. The van der Waals surface area contributed by atoms with E-state index in [0.717, 1.165) is 12.8 Å². The highest BCUT2D eigenvalue weighted by atomic mass is 16.1. The van der Waals surface area contributed by atoms with Crippen LogP contribution in [-0.4, -0.2) is 11.6 Å². The Morgan fingerprint density at radius 3 is 2.14 bits per heavy atom. The summed E-state index contributed by atoms with van der Waals surface area (Å²) in [6.07, 6.45) is 6.00. The quantitative estimate of drug-likeness (QED) is 0.561. The Balaban J connectivity index is 3.74. The van der Waals surface area contributed by atoms with Crippen molar-refractivity contribution in [1.82, 2.24) is 0 Å². The molecule has 14 heavy (non-hydrogen) atoms. The van der Waals surface area contributed by atoms with Gasteiger partial charge in [-0.3, -0.25) is 4.79 Å². The van der Waals surface area contributed by atoms with E-state index in [2.05, 4.69) is 6.92 Å². The standard InChI is InChI=1S/C12H22O2/c1-4-5-6-7-8-12(11(3)14)9-10(2)13/h12H,4-9H2,1-3H3/t12-/m0/s1. The molecule has 0 N–H and O–H groups in total. The fourth-order valence-corrected chi connectivity index (χ4v) is 1.61. The van der Waals surface area contributed by atoms with Crippen molar-refractivity contribution < 1.29 is 9.59 Å². The molecule has 0 aliphatic rings. The van der Waals surface area contributed by atoms with Gasteiger partial charge in [0.15, 0.2) is 0 Å². The molecule has 0 aromatic carbocycles. The minimum atomic E-state index is -0.0237. The maximum absolute atomic E-state index is 11.2. The van der Waals surface area contributed by atoms with Gasteiger partial charge in [0, 0.05) is 12.3 Å². The van der Waals surface area contributed by atoms with Crippen molar-refractivity contribution in [2.24, 2.45) is 5.92 Å². The summed E-state index contributed by atoms with van der Waals surface area (Å²) in [5.74, 6) is 0.266. The van der Waals surface area contributed by atoms with Crippen molar-refractivity contribution in [2.75, 3.05) is 0 Å². The first-order valence-electron chi connectivity index (χ1n) is 5.57. The second kappa shape index (κ2) is 7.72. The Morgan fingerprint density at radius 2 is 1.71 bits per heavy atom. The van der Waals surface area contributed by atoms with Gasteiger partial charge in [-0.15, -0.1) is 0 Å². The molecule has 0 saturated carbocycles. The van der Waals surface area contributed by atoms with Crippen molar-refractivity contribution in [3.8, 4) is 0 Å². The number of hydrogen-bond acceptors (Lipinski definition) is 2. The van der Waals surface area contributed by atoms with Crippen LogP contribution in [0.25, 0.3) is 0 Å². The average molecular weight is 198 g/mol. The highest BCUT2D eigenvalue weighted by Gasteiger charge is 2.15. The lowest BCUT2D eigenvalue weighted by atomic mass is 9.92. The molecule has 0 aromatic rings. The molecule has 0 saturated heterocycles. The minimum absolute atomic E-state index is 0.0237. The fraction of sp³-hybridized carbons (Fsp3) is 0.833. The zero-order valence-electron chi connectivity index (χ0n) is 9.64. The lowest BCUT2D eigenvalue weighted by Crippen LogP contribution is -2.14. The van der Waals surface area contributed by atoms with E-state index < -0.39 is 0 Å². The first-order valence-corrected chi connectivity index (χ1v) is 5.57. The van der Waals surface area contributed by atoms with Crippen LogP contribution in [0.2, 0.25) is 0 Å². The third kappa shape index (κ3) is 6.81. The first kappa shape index (κ1) is 13.3. The third-order valence-electron chi connectivity index (χ3n) is 2.51. The van der Waals surface area contributed by atoms with Crippen LogP contribution in [0.15, 0.2) is 0 Å². The minimum Gasteiger partial charge on any atom is -0.300 e. The highest BCUT2D eigenvalue weighted by molar-refractivity contribution is 5.85. The van der Waals surface area contributed by atoms with Gasteiger partial charge in [-0.1, -0.05) is 32.6 Å². The monoisotopic (exact) mass is 198 g/mol. The van der Waals surface area contributed by atoms with Crippen LogP contribution >= 0.6 is 0 Å². The summed E-state index contributed by atoms with van der Waals surface area (Å²) in [5.41, 5.74) is 0. The second-order valence-corrected chi connectivity index (χ2v) is 4.06. The Labute approximate surface area is 87.1 Å². The van der Waals surface area contributed by atoms with Crippen molar-refractivity contribution in [1.29, 1.82) is 0 Å². The molecule has 0 fully saturated rings. The van der Waals surface area contributed by atoms with Gasteiger partial charge in [0.1, 0.15) is 11.6 Å². The van der Waals surface area contributed by atoms with E-state index >= 15 is 0 Å². The maximum atomic E-state index is 11.2. The molecule has 0 amide bonds. The van der Waals surface area contributed by atoms with Gasteiger partial charge in [-0.05, 0) is 20.3 Å². The molecule has 82 valence electrons. The smallest absolute Gasteiger partial charge is 0.133 e. The Bertz CT molecular complexity index is 185. The maximum Gasteiger partial charge on any atom is 0.133 e. The van der Waals surface area contributed by atoms with Crippen molar-refractivity contribution in [3.63, 3.8) is 0 Å². The van der Waals surface area contributed by atoms with E-state index in [1.165, 1.54) is 19.3 Å². The van der Waals surface area contributed by atoms with Gasteiger partial charge in [0.05, 0.1) is 0 Å². The van der Waals surface area contributed by atoms with Crippen molar-refractivity contribution >= 4 is 11.6 Å². The lowest BCUT2D eigenvalue weighted by molar-refractivity contribution is -0.126. The predicted octanol–water partition coefficient (Wildman–Crippen LogP) is 3.14. The van der Waals surface area contributed by atoms with E-state index in [1.54, 1.807) is 13.8 Å². The normalized spacial score (nSPS) is 12.5. The molecule has 0 unspecified atom stereocenters. The van der Waals surface area contributed by atoms with Crippen LogP contribution in [0, 0.1) is 5.92 Å². The molecule has 0 radical (unpaired) electrons. The van der Waals surface area contributed by atoms with E-state index in [9.17, 15) is 9.59 Å². The van der Waals surface area contributed by atoms with Gasteiger partial charge in [0.2, 0.25) is 0 Å². The number of carbonyl (C=O) groups excluding carboxylic acids is 2. The molecule has 2 heteroatoms. The highest BCUT2D eigenvalue weighted by Crippen LogP contribution is 2.15. The lowest BCUT2D eigenvalue weighted by Gasteiger charge is -2.11. The molecule has 0 spiro atoms. The van der Waals surface area contributed by atoms with Crippen LogP contribution in [0.3, 0.4) is 0 Å². The van der Waals surface area contributed by atoms with E-state index in [4.69, 9.17) is 0 Å². The number of unbranched alkanes of at least 4 members (excludes halogenated alkanes) is 3. The molecular formula is C12H22O2. The largest absolute Gasteiger partial charge is 0.300 e. The molecule has 1 atom stereocenters. The molecule has 0 heterocycles. The SMILES string of the molecule is CCCCCC[C@@H](CC(C)=O)C(C)=O. The third-order valence-corrected chi connectivity index (χ3v) is 2.51. The van der Waals surface area contributed by atoms with Crippen molar-refractivity contribution in [3.05, 3.63) is 0 Å². The molecule has 0 aromatic heterocycles. The molecule has 2 nitrogen and oxygen atoms in total. The Kier molecular flexibility index (Phi) is 7.35. The summed E-state index contributed by atoms with van der Waals surface area (Å²) in [6, 6.07) is 0. The average Bonchev–Trinajstić information content (AvgIpc) is 2.09. The summed E-state index contributed by atoms with van der Waals surface area (Å²) in [5, 5.41) is 0. The number of rotatable bonds is 8.